The van der Waals surface area contributed by atoms with E-state index in [4.69, 9.17) is 11.6 Å². The lowest BCUT2D eigenvalue weighted by Crippen LogP contribution is -1.73. The summed E-state index contributed by atoms with van der Waals surface area (Å²) in [7, 11) is 0. The third-order valence-corrected chi connectivity index (χ3v) is 3.75. The van der Waals surface area contributed by atoms with Gasteiger partial charge in [-0.3, -0.25) is 0 Å². The zero-order valence-corrected chi connectivity index (χ0v) is 9.39. The highest BCUT2D eigenvalue weighted by Crippen LogP contribution is 2.26. The fourth-order valence-corrected chi connectivity index (χ4v) is 2.84. The zero-order valence-electron chi connectivity index (χ0n) is 7.00. The second kappa shape index (κ2) is 4.90. The average molecular weight is 220 g/mol. The molecule has 0 saturated heterocycles. The number of hydrogen-bond acceptors (Lipinski definition) is 3. The predicted molar refractivity (Wildman–Crippen MR) is 57.3 cm³/mol. The van der Waals surface area contributed by atoms with Crippen molar-refractivity contribution in [3.63, 3.8) is 0 Å². The summed E-state index contributed by atoms with van der Waals surface area (Å²) in [5.74, 6) is 0.899. The van der Waals surface area contributed by atoms with Crippen LogP contribution in [0.4, 0.5) is 0 Å². The van der Waals surface area contributed by atoms with Crippen LogP contribution in [0.5, 0.6) is 0 Å². The van der Waals surface area contributed by atoms with Crippen LogP contribution in [-0.4, -0.2) is 10.7 Å². The van der Waals surface area contributed by atoms with Crippen molar-refractivity contribution in [1.82, 2.24) is 4.98 Å². The number of rotatable bonds is 3. The molecule has 0 spiro atoms. The molecular weight excluding hydrogens is 210 g/mol. The maximum Gasteiger partial charge on any atom is 0.150 e. The van der Waals surface area contributed by atoms with Crippen molar-refractivity contribution in [2.75, 3.05) is 5.75 Å². The van der Waals surface area contributed by atoms with Crippen molar-refractivity contribution >= 4 is 34.7 Å². The molecule has 0 atom stereocenters. The van der Waals surface area contributed by atoms with Crippen LogP contribution in [-0.2, 0) is 0 Å². The Morgan fingerprint density at radius 1 is 1.58 bits per heavy atom. The molecule has 1 aromatic rings. The van der Waals surface area contributed by atoms with Crippen molar-refractivity contribution in [2.24, 2.45) is 0 Å². The molecule has 1 rings (SSSR count). The molecule has 4 heteroatoms. The quantitative estimate of drug-likeness (QED) is 0.721. The number of thioether (sulfide) groups is 1. The monoisotopic (exact) mass is 219 g/mol. The summed E-state index contributed by atoms with van der Waals surface area (Å²) in [6.45, 7) is 4.13. The van der Waals surface area contributed by atoms with E-state index in [9.17, 15) is 0 Å². The Bertz CT molecular complexity index is 261. The second-order valence-electron chi connectivity index (χ2n) is 2.29. The Kier molecular flexibility index (Phi) is 4.12. The highest BCUT2D eigenvalue weighted by molar-refractivity contribution is 8.01. The maximum absolute atomic E-state index is 5.39. The van der Waals surface area contributed by atoms with E-state index in [0.717, 1.165) is 15.8 Å². The Balaban J connectivity index is 2.52. The number of aryl methyl sites for hydroxylation is 2. The van der Waals surface area contributed by atoms with Crippen molar-refractivity contribution in [2.45, 2.75) is 18.2 Å². The van der Waals surface area contributed by atoms with E-state index >= 15 is 0 Å². The lowest BCUT2D eigenvalue weighted by Gasteiger charge is -1.87. The van der Waals surface area contributed by atoms with Gasteiger partial charge in [0.1, 0.15) is 0 Å². The minimum absolute atomic E-state index is 0.899. The summed E-state index contributed by atoms with van der Waals surface area (Å²) in [5.41, 5.74) is 2.68. The Hall–Kier alpha value is 0.01000. The highest BCUT2D eigenvalue weighted by atomic mass is 35.5. The summed E-state index contributed by atoms with van der Waals surface area (Å²) >= 11 is 8.85. The average Bonchev–Trinajstić information content (AvgIpc) is 2.32. The molecule has 0 aliphatic carbocycles. The lowest BCUT2D eigenvalue weighted by atomic mass is 10.4. The van der Waals surface area contributed by atoms with E-state index < -0.39 is 0 Å². The molecule has 1 aromatic heterocycles. The van der Waals surface area contributed by atoms with Gasteiger partial charge in [0.15, 0.2) is 4.34 Å². The first-order valence-corrected chi connectivity index (χ1v) is 5.80. The van der Waals surface area contributed by atoms with Crippen LogP contribution in [0.15, 0.2) is 16.0 Å². The Morgan fingerprint density at radius 2 is 2.33 bits per heavy atom. The smallest absolute Gasteiger partial charge is 0.150 e. The summed E-state index contributed by atoms with van der Waals surface area (Å²) in [4.78, 5) is 5.69. The lowest BCUT2D eigenvalue weighted by molar-refractivity contribution is 1.14. The van der Waals surface area contributed by atoms with E-state index in [-0.39, 0.29) is 0 Å². The standard InChI is InChI=1S/C8H10ClNS2/c1-6-7(2)12-8(10-6)11-5-3-4-9/h3-4H,5H2,1-2H3/b4-3+. The van der Waals surface area contributed by atoms with Gasteiger partial charge >= 0.3 is 0 Å². The van der Waals surface area contributed by atoms with Crippen molar-refractivity contribution in [3.8, 4) is 0 Å². The van der Waals surface area contributed by atoms with Gasteiger partial charge < -0.3 is 0 Å². The van der Waals surface area contributed by atoms with Gasteiger partial charge in [0.25, 0.3) is 0 Å². The third-order valence-electron chi connectivity index (χ3n) is 1.40. The van der Waals surface area contributed by atoms with Gasteiger partial charge in [-0.15, -0.1) is 11.3 Å². The molecule has 0 aliphatic heterocycles. The number of halogens is 1. The number of hydrogen-bond donors (Lipinski definition) is 0. The van der Waals surface area contributed by atoms with Crippen molar-refractivity contribution in [1.29, 1.82) is 0 Å². The minimum Gasteiger partial charge on any atom is -0.235 e. The summed E-state index contributed by atoms with van der Waals surface area (Å²) < 4.78 is 1.12. The van der Waals surface area contributed by atoms with Gasteiger partial charge in [-0.25, -0.2) is 4.98 Å². The predicted octanol–water partition coefficient (Wildman–Crippen LogP) is 3.60. The molecule has 0 amide bonds. The first-order chi connectivity index (χ1) is 5.74. The fraction of sp³-hybridized carbons (Fsp3) is 0.375. The molecule has 66 valence electrons. The summed E-state index contributed by atoms with van der Waals surface area (Å²) in [6, 6.07) is 0. The Labute approximate surface area is 85.9 Å². The molecule has 0 aromatic carbocycles. The topological polar surface area (TPSA) is 12.9 Å². The number of nitrogens with zero attached hydrogens (tertiary/aromatic N) is 1. The Morgan fingerprint density at radius 3 is 2.83 bits per heavy atom. The third kappa shape index (κ3) is 2.81. The van der Waals surface area contributed by atoms with E-state index in [1.54, 1.807) is 28.6 Å². The van der Waals surface area contributed by atoms with Crippen LogP contribution in [0, 0.1) is 13.8 Å². The molecule has 0 bridgehead atoms. The molecule has 0 saturated carbocycles. The first-order valence-electron chi connectivity index (χ1n) is 3.56. The van der Waals surface area contributed by atoms with E-state index in [1.807, 2.05) is 13.0 Å². The SMILES string of the molecule is Cc1nc(SC/C=C/Cl)sc1C. The number of aromatic nitrogens is 1. The van der Waals surface area contributed by atoms with E-state index in [0.29, 0.717) is 0 Å². The van der Waals surface area contributed by atoms with Gasteiger partial charge in [0.05, 0.1) is 5.69 Å². The van der Waals surface area contributed by atoms with Gasteiger partial charge in [-0.2, -0.15) is 0 Å². The molecule has 1 heterocycles. The molecule has 12 heavy (non-hydrogen) atoms. The zero-order chi connectivity index (χ0) is 8.97. The normalized spacial score (nSPS) is 11.2. The van der Waals surface area contributed by atoms with E-state index in [2.05, 4.69) is 11.9 Å². The molecular formula is C8H10ClNS2. The van der Waals surface area contributed by atoms with Gasteiger partial charge in [0, 0.05) is 16.2 Å². The molecule has 0 fully saturated rings. The van der Waals surface area contributed by atoms with Crippen LogP contribution in [0.3, 0.4) is 0 Å². The summed E-state index contributed by atoms with van der Waals surface area (Å²) in [6.07, 6.45) is 1.91. The minimum atomic E-state index is 0.899. The van der Waals surface area contributed by atoms with Gasteiger partial charge in [0.2, 0.25) is 0 Å². The van der Waals surface area contributed by atoms with Crippen molar-refractivity contribution in [3.05, 3.63) is 22.2 Å². The summed E-state index contributed by atoms with van der Waals surface area (Å²) in [5, 5.41) is 0. The van der Waals surface area contributed by atoms with Gasteiger partial charge in [-0.1, -0.05) is 29.4 Å². The first kappa shape index (κ1) is 10.1. The van der Waals surface area contributed by atoms with Crippen LogP contribution >= 0.6 is 34.7 Å². The highest BCUT2D eigenvalue weighted by Gasteiger charge is 2.01. The largest absolute Gasteiger partial charge is 0.235 e. The molecule has 1 nitrogen and oxygen atoms in total. The van der Waals surface area contributed by atoms with E-state index in [1.165, 1.54) is 4.88 Å². The van der Waals surface area contributed by atoms with Crippen LogP contribution in [0.25, 0.3) is 0 Å². The molecule has 0 N–H and O–H groups in total. The van der Waals surface area contributed by atoms with Crippen molar-refractivity contribution < 1.29 is 0 Å². The van der Waals surface area contributed by atoms with Crippen LogP contribution in [0.2, 0.25) is 0 Å². The van der Waals surface area contributed by atoms with Gasteiger partial charge in [-0.05, 0) is 13.8 Å². The second-order valence-corrected chi connectivity index (χ2v) is 5.02. The maximum atomic E-state index is 5.39. The fourth-order valence-electron chi connectivity index (χ4n) is 0.661. The van der Waals surface area contributed by atoms with Crippen LogP contribution < -0.4 is 0 Å². The van der Waals surface area contributed by atoms with Crippen LogP contribution in [0.1, 0.15) is 10.6 Å². The molecule has 0 aliphatic rings. The molecule has 0 radical (unpaired) electrons. The number of thiazole rings is 1. The molecule has 0 unspecified atom stereocenters.